The van der Waals surface area contributed by atoms with Crippen LogP contribution in [0, 0.1) is 0 Å². The van der Waals surface area contributed by atoms with Crippen LogP contribution in [0.2, 0.25) is 0 Å². The summed E-state index contributed by atoms with van der Waals surface area (Å²) in [5.41, 5.74) is 0. The van der Waals surface area contributed by atoms with Crippen molar-refractivity contribution in [1.82, 2.24) is 4.58 Å². The molecule has 0 bridgehead atoms. The Bertz CT molecular complexity index is 372. The summed E-state index contributed by atoms with van der Waals surface area (Å²) in [6.07, 6.45) is 4.02. The molecule has 3 rings (SSSR count). The van der Waals surface area contributed by atoms with E-state index in [2.05, 4.69) is 4.58 Å². The third kappa shape index (κ3) is 1.55. The van der Waals surface area contributed by atoms with E-state index in [9.17, 15) is 0 Å². The molecule has 14 heavy (non-hydrogen) atoms. The second-order valence-electron chi connectivity index (χ2n) is 3.77. The highest BCUT2D eigenvalue weighted by Gasteiger charge is 2.19. The topological polar surface area (TPSA) is 12.2 Å². The molecule has 1 aliphatic heterocycles. The van der Waals surface area contributed by atoms with Crippen LogP contribution in [-0.4, -0.2) is 26.3 Å². The van der Waals surface area contributed by atoms with Crippen molar-refractivity contribution in [2.75, 3.05) is 26.3 Å². The van der Waals surface area contributed by atoms with Crippen LogP contribution in [0.25, 0.3) is 0 Å². The van der Waals surface area contributed by atoms with Gasteiger partial charge in [0.05, 0.1) is 0 Å². The highest BCUT2D eigenvalue weighted by Crippen LogP contribution is 2.27. The lowest BCUT2D eigenvalue weighted by atomic mass is 10.4. The maximum Gasteiger partial charge on any atom is 0.314 e. The first kappa shape index (κ1) is 9.07. The average Bonchev–Trinajstić information content (AvgIpc) is 2.78. The molecule has 0 N–H and O–H groups in total. The van der Waals surface area contributed by atoms with E-state index in [4.69, 9.17) is 4.74 Å². The maximum absolute atomic E-state index is 5.37. The quantitative estimate of drug-likeness (QED) is 0.606. The van der Waals surface area contributed by atoms with E-state index in [-0.39, 0.29) is 0 Å². The van der Waals surface area contributed by atoms with Gasteiger partial charge in [0.15, 0.2) is 13.1 Å². The molecule has 0 amide bonds. The van der Waals surface area contributed by atoms with Gasteiger partial charge in [0.2, 0.25) is 0 Å². The van der Waals surface area contributed by atoms with Gasteiger partial charge in [-0.1, -0.05) is 22.7 Å². The summed E-state index contributed by atoms with van der Waals surface area (Å²) in [7, 11) is 0. The SMILES string of the molecule is C1Cc2sc(=[N+]3CCOCC3)sc2C1. The molecule has 0 atom stereocenters. The van der Waals surface area contributed by atoms with E-state index >= 15 is 0 Å². The molecule has 0 spiro atoms. The summed E-state index contributed by atoms with van der Waals surface area (Å²) >= 11 is 4.03. The number of hydrogen-bond donors (Lipinski definition) is 0. The van der Waals surface area contributed by atoms with Gasteiger partial charge >= 0.3 is 3.98 Å². The Morgan fingerprint density at radius 3 is 2.29 bits per heavy atom. The second-order valence-corrected chi connectivity index (χ2v) is 6.20. The Labute approximate surface area is 91.5 Å². The minimum atomic E-state index is 0.898. The molecule has 76 valence electrons. The molecule has 1 aliphatic carbocycles. The molecule has 0 aromatic carbocycles. The number of ether oxygens (including phenoxy) is 1. The minimum absolute atomic E-state index is 0.898. The summed E-state index contributed by atoms with van der Waals surface area (Å²) in [5.74, 6) is 0. The van der Waals surface area contributed by atoms with Crippen LogP contribution in [0.4, 0.5) is 0 Å². The molecule has 4 heteroatoms. The lowest BCUT2D eigenvalue weighted by Gasteiger charge is -2.08. The standard InChI is InChI=1S/C10H14NOS2/c1-2-8-9(3-1)14-10(13-8)11-4-6-12-7-5-11/h1-7H2/q+1. The zero-order valence-corrected chi connectivity index (χ0v) is 9.75. The third-order valence-electron chi connectivity index (χ3n) is 2.81. The van der Waals surface area contributed by atoms with E-state index in [1.165, 1.54) is 23.2 Å². The van der Waals surface area contributed by atoms with Crippen molar-refractivity contribution in [3.05, 3.63) is 13.7 Å². The average molecular weight is 228 g/mol. The van der Waals surface area contributed by atoms with Crippen LogP contribution >= 0.6 is 22.7 Å². The Kier molecular flexibility index (Phi) is 2.43. The van der Waals surface area contributed by atoms with E-state index in [0.29, 0.717) is 0 Å². The third-order valence-corrected chi connectivity index (χ3v) is 5.70. The van der Waals surface area contributed by atoms with Crippen molar-refractivity contribution in [3.63, 3.8) is 0 Å². The first-order valence-electron chi connectivity index (χ1n) is 5.21. The van der Waals surface area contributed by atoms with Gasteiger partial charge in [-0.25, -0.2) is 4.58 Å². The second kappa shape index (κ2) is 3.76. The largest absolute Gasteiger partial charge is 0.368 e. The molecule has 1 fully saturated rings. The molecular weight excluding hydrogens is 214 g/mol. The van der Waals surface area contributed by atoms with Crippen LogP contribution in [0.1, 0.15) is 16.2 Å². The van der Waals surface area contributed by atoms with E-state index in [0.717, 1.165) is 26.3 Å². The van der Waals surface area contributed by atoms with E-state index < -0.39 is 0 Å². The fourth-order valence-corrected chi connectivity index (χ4v) is 5.00. The smallest absolute Gasteiger partial charge is 0.314 e. The molecule has 2 aliphatic rings. The highest BCUT2D eigenvalue weighted by molar-refractivity contribution is 7.27. The molecule has 2 nitrogen and oxygen atoms in total. The molecule has 1 aromatic heterocycles. The first-order chi connectivity index (χ1) is 6.93. The summed E-state index contributed by atoms with van der Waals surface area (Å²) in [4.78, 5) is 3.30. The van der Waals surface area contributed by atoms with Crippen molar-refractivity contribution >= 4 is 22.7 Å². The number of hydrogen-bond acceptors (Lipinski definition) is 3. The first-order valence-corrected chi connectivity index (χ1v) is 6.84. The predicted molar refractivity (Wildman–Crippen MR) is 60.0 cm³/mol. The zero-order chi connectivity index (χ0) is 9.38. The van der Waals surface area contributed by atoms with Crippen molar-refractivity contribution in [2.24, 2.45) is 0 Å². The lowest BCUT2D eigenvalue weighted by molar-refractivity contribution is 0.0976. The summed E-state index contributed by atoms with van der Waals surface area (Å²) in [6.45, 7) is 3.95. The monoisotopic (exact) mass is 228 g/mol. The number of aryl methyl sites for hydroxylation is 2. The summed E-state index contributed by atoms with van der Waals surface area (Å²) < 4.78 is 9.36. The molecule has 2 heterocycles. The fraction of sp³-hybridized carbons (Fsp3) is 0.700. The van der Waals surface area contributed by atoms with Crippen LogP contribution in [0.3, 0.4) is 0 Å². The van der Waals surface area contributed by atoms with Crippen molar-refractivity contribution in [2.45, 2.75) is 19.3 Å². The van der Waals surface area contributed by atoms with Crippen LogP contribution in [-0.2, 0) is 17.6 Å². The number of fused-ring (bicyclic) bond motifs is 1. The fourth-order valence-electron chi connectivity index (χ4n) is 2.01. The van der Waals surface area contributed by atoms with Gasteiger partial charge < -0.3 is 4.74 Å². The molecule has 1 aromatic rings. The molecule has 0 radical (unpaired) electrons. The molecular formula is C10H14NOS2+. The minimum Gasteiger partial charge on any atom is -0.368 e. The summed E-state index contributed by atoms with van der Waals surface area (Å²) in [5, 5.41) is 0. The molecule has 0 saturated carbocycles. The zero-order valence-electron chi connectivity index (χ0n) is 8.12. The van der Waals surface area contributed by atoms with Crippen molar-refractivity contribution in [1.29, 1.82) is 0 Å². The van der Waals surface area contributed by atoms with Crippen molar-refractivity contribution < 1.29 is 4.74 Å². The van der Waals surface area contributed by atoms with Crippen molar-refractivity contribution in [3.8, 4) is 0 Å². The van der Waals surface area contributed by atoms with Gasteiger partial charge in [-0.15, -0.1) is 0 Å². The highest BCUT2D eigenvalue weighted by atomic mass is 32.2. The number of nitrogens with zero attached hydrogens (tertiary/aromatic N) is 1. The van der Waals surface area contributed by atoms with Crippen LogP contribution < -0.4 is 8.56 Å². The lowest BCUT2D eigenvalue weighted by Crippen LogP contribution is -2.37. The van der Waals surface area contributed by atoms with E-state index in [1.54, 1.807) is 9.75 Å². The Morgan fingerprint density at radius 2 is 1.64 bits per heavy atom. The van der Waals surface area contributed by atoms with Gasteiger partial charge in [-0.2, -0.15) is 0 Å². The summed E-state index contributed by atoms with van der Waals surface area (Å²) in [6, 6.07) is 0. The van der Waals surface area contributed by atoms with Crippen LogP contribution in [0.5, 0.6) is 0 Å². The predicted octanol–water partition coefficient (Wildman–Crippen LogP) is 1.10. The molecule has 0 unspecified atom stereocenters. The Morgan fingerprint density at radius 1 is 1.00 bits per heavy atom. The van der Waals surface area contributed by atoms with E-state index in [1.807, 2.05) is 22.7 Å². The number of morpholine rings is 1. The van der Waals surface area contributed by atoms with Gasteiger partial charge in [0, 0.05) is 9.75 Å². The van der Waals surface area contributed by atoms with Gasteiger partial charge in [-0.3, -0.25) is 0 Å². The number of rotatable bonds is 0. The van der Waals surface area contributed by atoms with Gasteiger partial charge in [0.1, 0.15) is 13.2 Å². The molecule has 1 saturated heterocycles. The normalized spacial score (nSPS) is 21.3. The van der Waals surface area contributed by atoms with Crippen LogP contribution in [0.15, 0.2) is 0 Å². The van der Waals surface area contributed by atoms with Gasteiger partial charge in [-0.05, 0) is 19.3 Å². The maximum atomic E-state index is 5.37. The Balaban J connectivity index is 2.02. The Hall–Kier alpha value is -0.190. The van der Waals surface area contributed by atoms with Gasteiger partial charge in [0.25, 0.3) is 0 Å².